The molecule has 0 radical (unpaired) electrons. The van der Waals surface area contributed by atoms with Gasteiger partial charge in [0.25, 0.3) is 0 Å². The molecule has 1 aliphatic heterocycles. The summed E-state index contributed by atoms with van der Waals surface area (Å²) in [5.41, 5.74) is 3.74. The smallest absolute Gasteiger partial charge is 0.119 e. The predicted octanol–water partition coefficient (Wildman–Crippen LogP) is 3.37. The van der Waals surface area contributed by atoms with E-state index in [1.165, 1.54) is 24.0 Å². The summed E-state index contributed by atoms with van der Waals surface area (Å²) in [6.45, 7) is 8.69. The van der Waals surface area contributed by atoms with Crippen molar-refractivity contribution in [1.29, 1.82) is 0 Å². The Morgan fingerprint density at radius 3 is 2.56 bits per heavy atom. The average Bonchev–Trinajstić information content (AvgIpc) is 2.33. The van der Waals surface area contributed by atoms with Crippen LogP contribution < -0.4 is 5.32 Å². The van der Waals surface area contributed by atoms with Crippen LogP contribution in [0.5, 0.6) is 5.75 Å². The van der Waals surface area contributed by atoms with Gasteiger partial charge in [-0.2, -0.15) is 0 Å². The lowest BCUT2D eigenvalue weighted by molar-refractivity contribution is 0.372. The molecule has 0 aliphatic carbocycles. The maximum Gasteiger partial charge on any atom is 0.119 e. The van der Waals surface area contributed by atoms with Gasteiger partial charge >= 0.3 is 0 Å². The number of aryl methyl sites for hydroxylation is 1. The first-order valence-corrected chi connectivity index (χ1v) is 7.11. The summed E-state index contributed by atoms with van der Waals surface area (Å²) in [5.74, 6) is 1.64. The van der Waals surface area contributed by atoms with Crippen molar-refractivity contribution in [3.05, 3.63) is 28.8 Å². The van der Waals surface area contributed by atoms with Gasteiger partial charge < -0.3 is 10.4 Å². The summed E-state index contributed by atoms with van der Waals surface area (Å²) in [7, 11) is 0. The Balaban J connectivity index is 2.18. The van der Waals surface area contributed by atoms with E-state index in [1.54, 1.807) is 0 Å². The normalized spacial score (nSPS) is 17.3. The Morgan fingerprint density at radius 1 is 1.28 bits per heavy atom. The number of phenols is 1. The fourth-order valence-corrected chi connectivity index (χ4v) is 2.84. The second-order valence-electron chi connectivity index (χ2n) is 5.89. The van der Waals surface area contributed by atoms with E-state index >= 15 is 0 Å². The van der Waals surface area contributed by atoms with Gasteiger partial charge in [0, 0.05) is 0 Å². The minimum atomic E-state index is 0.386. The van der Waals surface area contributed by atoms with Gasteiger partial charge in [0.2, 0.25) is 0 Å². The first kappa shape index (κ1) is 13.4. The lowest BCUT2D eigenvalue weighted by Crippen LogP contribution is -2.28. The van der Waals surface area contributed by atoms with Gasteiger partial charge in [-0.1, -0.05) is 19.9 Å². The van der Waals surface area contributed by atoms with E-state index in [-0.39, 0.29) is 0 Å². The van der Waals surface area contributed by atoms with Gasteiger partial charge in [0.05, 0.1) is 0 Å². The largest absolute Gasteiger partial charge is 0.508 e. The fourth-order valence-electron chi connectivity index (χ4n) is 2.84. The zero-order valence-electron chi connectivity index (χ0n) is 11.8. The van der Waals surface area contributed by atoms with Crippen LogP contribution in [0.1, 0.15) is 49.3 Å². The highest BCUT2D eigenvalue weighted by atomic mass is 16.3. The van der Waals surface area contributed by atoms with Crippen LogP contribution in [-0.2, 0) is 6.42 Å². The van der Waals surface area contributed by atoms with Crippen LogP contribution in [0, 0.1) is 12.8 Å². The molecule has 1 aromatic rings. The SMILES string of the molecule is Cc1cc(O)c(C(C)C)cc1CC1CCNCC1. The third kappa shape index (κ3) is 3.05. The standard InChI is InChI=1S/C16H25NO/c1-11(2)15-10-14(12(3)8-16(15)18)9-13-4-6-17-7-5-13/h8,10-11,13,17-18H,4-7,9H2,1-3H3. The molecular formula is C16H25NO. The summed E-state index contributed by atoms with van der Waals surface area (Å²) in [6.07, 6.45) is 3.71. The second kappa shape index (κ2) is 5.75. The molecule has 1 aromatic carbocycles. The Kier molecular flexibility index (Phi) is 4.28. The Bertz CT molecular complexity index is 406. The van der Waals surface area contributed by atoms with Crippen molar-refractivity contribution in [3.63, 3.8) is 0 Å². The number of benzene rings is 1. The van der Waals surface area contributed by atoms with Gasteiger partial charge in [-0.15, -0.1) is 0 Å². The Labute approximate surface area is 110 Å². The second-order valence-corrected chi connectivity index (χ2v) is 5.89. The van der Waals surface area contributed by atoms with E-state index in [0.29, 0.717) is 11.7 Å². The molecule has 1 heterocycles. The highest BCUT2D eigenvalue weighted by molar-refractivity contribution is 5.43. The molecule has 18 heavy (non-hydrogen) atoms. The third-order valence-corrected chi connectivity index (χ3v) is 4.07. The van der Waals surface area contributed by atoms with Crippen LogP contribution in [0.3, 0.4) is 0 Å². The number of hydrogen-bond donors (Lipinski definition) is 2. The van der Waals surface area contributed by atoms with Gasteiger partial charge in [-0.3, -0.25) is 0 Å². The van der Waals surface area contributed by atoms with E-state index < -0.39 is 0 Å². The van der Waals surface area contributed by atoms with Crippen molar-refractivity contribution in [2.45, 2.75) is 46.0 Å². The minimum absolute atomic E-state index is 0.386. The summed E-state index contributed by atoms with van der Waals surface area (Å²) < 4.78 is 0. The number of rotatable bonds is 3. The van der Waals surface area contributed by atoms with Crippen molar-refractivity contribution in [3.8, 4) is 5.75 Å². The highest BCUT2D eigenvalue weighted by Gasteiger charge is 2.16. The third-order valence-electron chi connectivity index (χ3n) is 4.07. The summed E-state index contributed by atoms with van der Waals surface area (Å²) in [6, 6.07) is 4.16. The number of hydrogen-bond acceptors (Lipinski definition) is 2. The molecule has 2 rings (SSSR count). The van der Waals surface area contributed by atoms with E-state index in [2.05, 4.69) is 32.2 Å². The number of piperidine rings is 1. The monoisotopic (exact) mass is 247 g/mol. The maximum absolute atomic E-state index is 9.98. The Hall–Kier alpha value is -1.02. The van der Waals surface area contributed by atoms with Crippen molar-refractivity contribution in [2.75, 3.05) is 13.1 Å². The number of nitrogens with one attached hydrogen (secondary N) is 1. The highest BCUT2D eigenvalue weighted by Crippen LogP contribution is 2.30. The summed E-state index contributed by atoms with van der Waals surface area (Å²) in [4.78, 5) is 0. The van der Waals surface area contributed by atoms with Gasteiger partial charge in [0.1, 0.15) is 5.75 Å². The molecule has 0 spiro atoms. The molecule has 0 unspecified atom stereocenters. The van der Waals surface area contributed by atoms with Crippen LogP contribution in [0.15, 0.2) is 12.1 Å². The molecule has 1 fully saturated rings. The molecule has 1 saturated heterocycles. The minimum Gasteiger partial charge on any atom is -0.508 e. The quantitative estimate of drug-likeness (QED) is 0.858. The molecular weight excluding hydrogens is 222 g/mol. The summed E-state index contributed by atoms with van der Waals surface area (Å²) in [5, 5.41) is 13.4. The average molecular weight is 247 g/mol. The molecule has 100 valence electrons. The van der Waals surface area contributed by atoms with Crippen molar-refractivity contribution < 1.29 is 5.11 Å². The first-order valence-electron chi connectivity index (χ1n) is 7.11. The lowest BCUT2D eigenvalue weighted by Gasteiger charge is -2.24. The van der Waals surface area contributed by atoms with Crippen LogP contribution >= 0.6 is 0 Å². The zero-order chi connectivity index (χ0) is 13.1. The molecule has 2 heteroatoms. The first-order chi connectivity index (χ1) is 8.58. The van der Waals surface area contributed by atoms with Gasteiger partial charge in [-0.05, 0) is 73.9 Å². The van der Waals surface area contributed by atoms with E-state index in [4.69, 9.17) is 0 Å². The zero-order valence-corrected chi connectivity index (χ0v) is 11.8. The topological polar surface area (TPSA) is 32.3 Å². The number of aromatic hydroxyl groups is 1. The van der Waals surface area contributed by atoms with Crippen LogP contribution in [0.2, 0.25) is 0 Å². The van der Waals surface area contributed by atoms with Crippen LogP contribution in [0.25, 0.3) is 0 Å². The lowest BCUT2D eigenvalue weighted by atomic mass is 9.87. The summed E-state index contributed by atoms with van der Waals surface area (Å²) >= 11 is 0. The maximum atomic E-state index is 9.98. The van der Waals surface area contributed by atoms with Crippen molar-refractivity contribution >= 4 is 0 Å². The molecule has 0 aromatic heterocycles. The van der Waals surface area contributed by atoms with E-state index in [9.17, 15) is 5.11 Å². The fraction of sp³-hybridized carbons (Fsp3) is 0.625. The Morgan fingerprint density at radius 2 is 1.94 bits per heavy atom. The molecule has 2 N–H and O–H groups in total. The van der Waals surface area contributed by atoms with E-state index in [1.807, 2.05) is 6.07 Å². The van der Waals surface area contributed by atoms with E-state index in [0.717, 1.165) is 31.0 Å². The molecule has 0 bridgehead atoms. The van der Waals surface area contributed by atoms with Crippen LogP contribution in [-0.4, -0.2) is 18.2 Å². The molecule has 2 nitrogen and oxygen atoms in total. The van der Waals surface area contributed by atoms with Gasteiger partial charge in [0.15, 0.2) is 0 Å². The van der Waals surface area contributed by atoms with Crippen molar-refractivity contribution in [1.82, 2.24) is 5.32 Å². The molecule has 1 aliphatic rings. The molecule has 0 amide bonds. The molecule has 0 saturated carbocycles. The molecule has 0 atom stereocenters. The van der Waals surface area contributed by atoms with Gasteiger partial charge in [-0.25, -0.2) is 0 Å². The van der Waals surface area contributed by atoms with Crippen molar-refractivity contribution in [2.24, 2.45) is 5.92 Å². The predicted molar refractivity (Wildman–Crippen MR) is 76.2 cm³/mol. The number of phenolic OH excluding ortho intramolecular Hbond substituents is 1. The van der Waals surface area contributed by atoms with Crippen LogP contribution in [0.4, 0.5) is 0 Å².